The van der Waals surface area contributed by atoms with Gasteiger partial charge in [-0.05, 0) is 42.8 Å². The minimum absolute atomic E-state index is 0.0892. The van der Waals surface area contributed by atoms with E-state index in [4.69, 9.17) is 4.74 Å². The lowest BCUT2D eigenvalue weighted by atomic mass is 10.1. The van der Waals surface area contributed by atoms with Crippen LogP contribution in [0.3, 0.4) is 0 Å². The van der Waals surface area contributed by atoms with E-state index in [2.05, 4.69) is 60.0 Å². The fourth-order valence-electron chi connectivity index (χ4n) is 2.63. The summed E-state index contributed by atoms with van der Waals surface area (Å²) in [6.45, 7) is 4.98. The Labute approximate surface area is 126 Å². The highest BCUT2D eigenvalue weighted by atomic mass is 16.5. The Morgan fingerprint density at radius 3 is 2.86 bits per heavy atom. The highest BCUT2D eigenvalue weighted by Gasteiger charge is 2.20. The number of fused-ring (bicyclic) bond motifs is 1. The number of likely N-dealkylation sites (N-methyl/N-ethyl adjacent to an activating group) is 1. The predicted molar refractivity (Wildman–Crippen MR) is 87.0 cm³/mol. The average Bonchev–Trinajstić information content (AvgIpc) is 2.55. The molecule has 0 spiro atoms. The molecule has 0 aliphatic carbocycles. The Hall–Kier alpha value is -2.00. The normalized spacial score (nSPS) is 16.7. The summed E-state index contributed by atoms with van der Waals surface area (Å²) >= 11 is 0. The minimum atomic E-state index is 0.0892. The summed E-state index contributed by atoms with van der Waals surface area (Å²) in [6, 6.07) is 16.8. The average molecular weight is 282 g/mol. The largest absolute Gasteiger partial charge is 0.482 e. The van der Waals surface area contributed by atoms with Crippen molar-refractivity contribution in [2.75, 3.05) is 25.0 Å². The third kappa shape index (κ3) is 3.37. The van der Waals surface area contributed by atoms with Gasteiger partial charge in [0.15, 0.2) is 0 Å². The van der Waals surface area contributed by atoms with E-state index in [0.717, 1.165) is 37.5 Å². The summed E-state index contributed by atoms with van der Waals surface area (Å²) < 4.78 is 6.12. The zero-order chi connectivity index (χ0) is 14.5. The molecule has 0 amide bonds. The molecule has 2 aromatic carbocycles. The lowest BCUT2D eigenvalue weighted by Gasteiger charge is -2.28. The second kappa shape index (κ2) is 6.64. The molecule has 0 fully saturated rings. The molecule has 1 atom stereocenters. The van der Waals surface area contributed by atoms with Crippen LogP contribution in [-0.4, -0.2) is 19.6 Å². The van der Waals surface area contributed by atoms with Gasteiger partial charge >= 0.3 is 0 Å². The molecule has 21 heavy (non-hydrogen) atoms. The lowest BCUT2D eigenvalue weighted by molar-refractivity contribution is 0.210. The van der Waals surface area contributed by atoms with Crippen LogP contribution in [0, 0.1) is 0 Å². The first-order chi connectivity index (χ1) is 10.4. The molecule has 1 heterocycles. The smallest absolute Gasteiger partial charge is 0.143 e. The zero-order valence-electron chi connectivity index (χ0n) is 12.4. The molecule has 2 aromatic rings. The maximum atomic E-state index is 6.12. The maximum Gasteiger partial charge on any atom is 0.143 e. The van der Waals surface area contributed by atoms with Gasteiger partial charge in [-0.2, -0.15) is 0 Å². The molecule has 2 N–H and O–H groups in total. The van der Waals surface area contributed by atoms with Crippen LogP contribution in [0.15, 0.2) is 48.5 Å². The number of benzene rings is 2. The molecular weight excluding hydrogens is 260 g/mol. The maximum absolute atomic E-state index is 6.12. The van der Waals surface area contributed by atoms with Crippen molar-refractivity contribution in [2.24, 2.45) is 0 Å². The van der Waals surface area contributed by atoms with Gasteiger partial charge in [0.2, 0.25) is 0 Å². The molecule has 1 unspecified atom stereocenters. The van der Waals surface area contributed by atoms with Crippen molar-refractivity contribution >= 4 is 5.69 Å². The van der Waals surface area contributed by atoms with E-state index in [-0.39, 0.29) is 6.10 Å². The molecule has 3 nitrogen and oxygen atoms in total. The lowest BCUT2D eigenvalue weighted by Crippen LogP contribution is -2.23. The Balaban J connectivity index is 1.69. The number of anilines is 1. The molecule has 0 radical (unpaired) electrons. The molecule has 3 heteroatoms. The van der Waals surface area contributed by atoms with Gasteiger partial charge in [0, 0.05) is 0 Å². The van der Waals surface area contributed by atoms with Crippen molar-refractivity contribution in [3.05, 3.63) is 59.7 Å². The second-order valence-electron chi connectivity index (χ2n) is 5.33. The summed E-state index contributed by atoms with van der Waals surface area (Å²) in [5.74, 6) is 0.947. The van der Waals surface area contributed by atoms with E-state index in [1.807, 2.05) is 6.07 Å². The van der Waals surface area contributed by atoms with E-state index in [1.165, 1.54) is 11.1 Å². The van der Waals surface area contributed by atoms with Gasteiger partial charge in [0.05, 0.1) is 12.2 Å². The van der Waals surface area contributed by atoms with Gasteiger partial charge in [-0.3, -0.25) is 0 Å². The number of hydrogen-bond donors (Lipinski definition) is 2. The number of nitrogens with one attached hydrogen (secondary N) is 2. The first-order valence-electron chi connectivity index (χ1n) is 7.66. The van der Waals surface area contributed by atoms with Crippen LogP contribution >= 0.6 is 0 Å². The standard InChI is InChI=1S/C18H22N2O/c1-2-19-11-10-14-8-9-17-16(12-14)20-13-18(21-17)15-6-4-3-5-7-15/h3-9,12,18-20H,2,10-11,13H2,1H3. The Morgan fingerprint density at radius 1 is 1.19 bits per heavy atom. The van der Waals surface area contributed by atoms with Crippen molar-refractivity contribution in [1.29, 1.82) is 0 Å². The van der Waals surface area contributed by atoms with Crippen LogP contribution in [0.5, 0.6) is 5.75 Å². The molecular formula is C18H22N2O. The van der Waals surface area contributed by atoms with Crippen LogP contribution in [0.2, 0.25) is 0 Å². The van der Waals surface area contributed by atoms with E-state index >= 15 is 0 Å². The quantitative estimate of drug-likeness (QED) is 0.825. The molecule has 0 bridgehead atoms. The SMILES string of the molecule is CCNCCc1ccc2c(c1)NCC(c1ccccc1)O2. The monoisotopic (exact) mass is 282 g/mol. The van der Waals surface area contributed by atoms with Gasteiger partial charge in [0.25, 0.3) is 0 Å². The number of hydrogen-bond acceptors (Lipinski definition) is 3. The third-order valence-corrected chi connectivity index (χ3v) is 3.80. The highest BCUT2D eigenvalue weighted by Crippen LogP contribution is 2.34. The van der Waals surface area contributed by atoms with Crippen molar-refractivity contribution in [3.8, 4) is 5.75 Å². The van der Waals surface area contributed by atoms with Crippen LogP contribution in [-0.2, 0) is 6.42 Å². The number of ether oxygens (including phenoxy) is 1. The fraction of sp³-hybridized carbons (Fsp3) is 0.333. The van der Waals surface area contributed by atoms with Crippen LogP contribution in [0.25, 0.3) is 0 Å². The second-order valence-corrected chi connectivity index (χ2v) is 5.33. The van der Waals surface area contributed by atoms with Crippen molar-refractivity contribution in [1.82, 2.24) is 5.32 Å². The topological polar surface area (TPSA) is 33.3 Å². The van der Waals surface area contributed by atoms with Gasteiger partial charge in [0.1, 0.15) is 11.9 Å². The zero-order valence-corrected chi connectivity index (χ0v) is 12.4. The summed E-state index contributed by atoms with van der Waals surface area (Å²) in [5, 5.41) is 6.85. The van der Waals surface area contributed by atoms with Gasteiger partial charge in [-0.25, -0.2) is 0 Å². The first kappa shape index (κ1) is 14.0. The summed E-state index contributed by atoms with van der Waals surface area (Å²) in [7, 11) is 0. The molecule has 3 rings (SSSR count). The van der Waals surface area contributed by atoms with Gasteiger partial charge < -0.3 is 15.4 Å². The Kier molecular flexibility index (Phi) is 4.41. The fourth-order valence-corrected chi connectivity index (χ4v) is 2.63. The van der Waals surface area contributed by atoms with Gasteiger partial charge in [-0.1, -0.05) is 43.3 Å². The summed E-state index contributed by atoms with van der Waals surface area (Å²) in [4.78, 5) is 0. The highest BCUT2D eigenvalue weighted by molar-refractivity contribution is 5.60. The van der Waals surface area contributed by atoms with E-state index in [0.29, 0.717) is 0 Å². The van der Waals surface area contributed by atoms with E-state index in [9.17, 15) is 0 Å². The van der Waals surface area contributed by atoms with Crippen molar-refractivity contribution in [3.63, 3.8) is 0 Å². The summed E-state index contributed by atoms with van der Waals surface area (Å²) in [5.41, 5.74) is 3.66. The van der Waals surface area contributed by atoms with Crippen LogP contribution in [0.4, 0.5) is 5.69 Å². The third-order valence-electron chi connectivity index (χ3n) is 3.80. The molecule has 0 saturated carbocycles. The predicted octanol–water partition coefficient (Wildman–Crippen LogP) is 3.38. The molecule has 1 aliphatic heterocycles. The minimum Gasteiger partial charge on any atom is -0.482 e. The van der Waals surface area contributed by atoms with Gasteiger partial charge in [-0.15, -0.1) is 0 Å². The number of rotatable bonds is 5. The first-order valence-corrected chi connectivity index (χ1v) is 7.66. The summed E-state index contributed by atoms with van der Waals surface area (Å²) in [6.07, 6.45) is 1.14. The molecule has 1 aliphatic rings. The van der Waals surface area contributed by atoms with E-state index in [1.54, 1.807) is 0 Å². The van der Waals surface area contributed by atoms with Crippen molar-refractivity contribution < 1.29 is 4.74 Å². The molecule has 110 valence electrons. The van der Waals surface area contributed by atoms with Crippen LogP contribution in [0.1, 0.15) is 24.2 Å². The Bertz CT molecular complexity index is 583. The van der Waals surface area contributed by atoms with E-state index < -0.39 is 0 Å². The Morgan fingerprint density at radius 2 is 2.05 bits per heavy atom. The molecule has 0 aromatic heterocycles. The molecule has 0 saturated heterocycles. The van der Waals surface area contributed by atoms with Crippen LogP contribution < -0.4 is 15.4 Å². The van der Waals surface area contributed by atoms with Crippen molar-refractivity contribution in [2.45, 2.75) is 19.4 Å².